The second-order valence-corrected chi connectivity index (χ2v) is 6.93. The normalized spacial score (nSPS) is 12.0. The zero-order valence-corrected chi connectivity index (χ0v) is 15.0. The van der Waals surface area contributed by atoms with Crippen LogP contribution < -0.4 is 0 Å². The van der Waals surface area contributed by atoms with Gasteiger partial charge in [-0.25, -0.2) is 4.98 Å². The molecule has 2 aromatic heterocycles. The first kappa shape index (κ1) is 16.9. The molecular formula is C19H13BrF3N3. The average molecular weight is 420 g/mol. The van der Waals surface area contributed by atoms with E-state index in [4.69, 9.17) is 0 Å². The second-order valence-electron chi connectivity index (χ2n) is 6.02. The van der Waals surface area contributed by atoms with E-state index in [1.165, 1.54) is 12.1 Å². The van der Waals surface area contributed by atoms with Gasteiger partial charge in [-0.3, -0.25) is 0 Å². The highest BCUT2D eigenvalue weighted by atomic mass is 79.9. The molecule has 132 valence electrons. The van der Waals surface area contributed by atoms with Crippen LogP contribution in [0, 0.1) is 0 Å². The maximum absolute atomic E-state index is 12.7. The van der Waals surface area contributed by atoms with Crippen molar-refractivity contribution in [2.24, 2.45) is 0 Å². The van der Waals surface area contributed by atoms with Gasteiger partial charge in [0, 0.05) is 21.9 Å². The minimum Gasteiger partial charge on any atom is -0.353 e. The van der Waals surface area contributed by atoms with Gasteiger partial charge in [0.15, 0.2) is 0 Å². The first-order valence-corrected chi connectivity index (χ1v) is 8.64. The van der Waals surface area contributed by atoms with Crippen molar-refractivity contribution in [1.29, 1.82) is 0 Å². The van der Waals surface area contributed by atoms with E-state index >= 15 is 0 Å². The topological polar surface area (TPSA) is 33.6 Å². The third kappa shape index (κ3) is 3.26. The Balaban J connectivity index is 1.64. The quantitative estimate of drug-likeness (QED) is 0.443. The average Bonchev–Trinajstić information content (AvgIpc) is 3.20. The van der Waals surface area contributed by atoms with Crippen molar-refractivity contribution in [2.75, 3.05) is 0 Å². The maximum Gasteiger partial charge on any atom is 0.416 e. The second kappa shape index (κ2) is 6.32. The molecule has 2 aromatic carbocycles. The largest absolute Gasteiger partial charge is 0.416 e. The number of aromatic nitrogens is 3. The van der Waals surface area contributed by atoms with E-state index in [-0.39, 0.29) is 0 Å². The molecule has 0 aliphatic rings. The van der Waals surface area contributed by atoms with E-state index in [9.17, 15) is 13.2 Å². The predicted molar refractivity (Wildman–Crippen MR) is 97.8 cm³/mol. The van der Waals surface area contributed by atoms with Crippen LogP contribution in [0.3, 0.4) is 0 Å². The van der Waals surface area contributed by atoms with Gasteiger partial charge < -0.3 is 9.55 Å². The molecule has 1 N–H and O–H groups in total. The first-order valence-electron chi connectivity index (χ1n) is 7.85. The molecule has 0 spiro atoms. The Morgan fingerprint density at radius 1 is 1.04 bits per heavy atom. The zero-order chi connectivity index (χ0) is 18.3. The molecule has 7 heteroatoms. The number of imidazole rings is 1. The number of aromatic amines is 1. The van der Waals surface area contributed by atoms with Crippen LogP contribution >= 0.6 is 15.9 Å². The molecule has 3 nitrogen and oxygen atoms in total. The van der Waals surface area contributed by atoms with Crippen molar-refractivity contribution in [3.63, 3.8) is 0 Å². The van der Waals surface area contributed by atoms with E-state index in [1.54, 1.807) is 12.5 Å². The minimum absolute atomic E-state index is 0.437. The molecule has 4 rings (SSSR count). The Morgan fingerprint density at radius 3 is 2.54 bits per heavy atom. The fraction of sp³-hybridized carbons (Fsp3) is 0.105. The van der Waals surface area contributed by atoms with E-state index < -0.39 is 11.7 Å². The smallest absolute Gasteiger partial charge is 0.353 e. The van der Waals surface area contributed by atoms with Crippen molar-refractivity contribution in [3.05, 3.63) is 76.7 Å². The van der Waals surface area contributed by atoms with Gasteiger partial charge >= 0.3 is 6.18 Å². The summed E-state index contributed by atoms with van der Waals surface area (Å²) in [5.74, 6) is 0. The Morgan fingerprint density at radius 2 is 1.81 bits per heavy atom. The third-order valence-corrected chi connectivity index (χ3v) is 4.70. The monoisotopic (exact) mass is 419 g/mol. The van der Waals surface area contributed by atoms with Gasteiger partial charge in [0.2, 0.25) is 0 Å². The lowest BCUT2D eigenvalue weighted by atomic mass is 10.1. The lowest BCUT2D eigenvalue weighted by Crippen LogP contribution is -2.05. The molecule has 2 heterocycles. The molecule has 4 aromatic rings. The van der Waals surface area contributed by atoms with Gasteiger partial charge in [-0.2, -0.15) is 13.2 Å². The van der Waals surface area contributed by atoms with Crippen molar-refractivity contribution in [2.45, 2.75) is 12.7 Å². The van der Waals surface area contributed by atoms with Gasteiger partial charge in [0.1, 0.15) is 0 Å². The first-order chi connectivity index (χ1) is 12.4. The number of alkyl halides is 3. The summed E-state index contributed by atoms with van der Waals surface area (Å²) in [5, 5.41) is 1.07. The fourth-order valence-corrected chi connectivity index (χ4v) is 3.29. The van der Waals surface area contributed by atoms with Crippen molar-refractivity contribution >= 4 is 26.8 Å². The SMILES string of the molecule is FC(F)(F)c1ccc(Cn2cncc2-c2cc3cc(Br)ccc3[nH]2)cc1. The summed E-state index contributed by atoms with van der Waals surface area (Å²) < 4.78 is 41.0. The van der Waals surface area contributed by atoms with Crippen molar-refractivity contribution in [1.82, 2.24) is 14.5 Å². The van der Waals surface area contributed by atoms with Crippen LogP contribution in [-0.2, 0) is 12.7 Å². The summed E-state index contributed by atoms with van der Waals surface area (Å²) in [6.45, 7) is 0.437. The number of nitrogens with zero attached hydrogens (tertiary/aromatic N) is 2. The molecule has 0 atom stereocenters. The van der Waals surface area contributed by atoms with E-state index in [2.05, 4.69) is 25.9 Å². The van der Waals surface area contributed by atoms with Crippen LogP contribution in [0.25, 0.3) is 22.3 Å². The van der Waals surface area contributed by atoms with Crippen LogP contribution in [0.4, 0.5) is 13.2 Å². The van der Waals surface area contributed by atoms with E-state index in [0.717, 1.165) is 44.5 Å². The van der Waals surface area contributed by atoms with Gasteiger partial charge in [-0.15, -0.1) is 0 Å². The highest BCUT2D eigenvalue weighted by Crippen LogP contribution is 2.30. The molecule has 0 fully saturated rings. The van der Waals surface area contributed by atoms with Gasteiger partial charge in [-0.05, 0) is 42.0 Å². The van der Waals surface area contributed by atoms with E-state index in [0.29, 0.717) is 6.54 Å². The molecule has 0 amide bonds. The highest BCUT2D eigenvalue weighted by Gasteiger charge is 2.29. The Hall–Kier alpha value is -2.54. The number of halogens is 4. The zero-order valence-electron chi connectivity index (χ0n) is 13.4. The van der Waals surface area contributed by atoms with Crippen molar-refractivity contribution in [3.8, 4) is 11.4 Å². The molecule has 0 saturated carbocycles. The Kier molecular flexibility index (Phi) is 4.11. The van der Waals surface area contributed by atoms with E-state index in [1.807, 2.05) is 28.8 Å². The molecule has 0 radical (unpaired) electrons. The fourth-order valence-electron chi connectivity index (χ4n) is 2.91. The maximum atomic E-state index is 12.7. The molecule has 0 aliphatic carbocycles. The van der Waals surface area contributed by atoms with Crippen LogP contribution in [0.15, 0.2) is 65.5 Å². The number of H-pyrrole nitrogens is 1. The van der Waals surface area contributed by atoms with Gasteiger partial charge in [-0.1, -0.05) is 28.1 Å². The molecule has 0 unspecified atom stereocenters. The molecule has 0 bridgehead atoms. The van der Waals surface area contributed by atoms with Crippen LogP contribution in [-0.4, -0.2) is 14.5 Å². The van der Waals surface area contributed by atoms with Gasteiger partial charge in [0.25, 0.3) is 0 Å². The number of nitrogens with one attached hydrogen (secondary N) is 1. The van der Waals surface area contributed by atoms with Crippen LogP contribution in [0.5, 0.6) is 0 Å². The summed E-state index contributed by atoms with van der Waals surface area (Å²) in [7, 11) is 0. The number of hydrogen-bond donors (Lipinski definition) is 1. The van der Waals surface area contributed by atoms with Crippen molar-refractivity contribution < 1.29 is 13.2 Å². The molecule has 0 aliphatic heterocycles. The number of rotatable bonds is 3. The highest BCUT2D eigenvalue weighted by molar-refractivity contribution is 9.10. The van der Waals surface area contributed by atoms with Crippen LogP contribution in [0.1, 0.15) is 11.1 Å². The summed E-state index contributed by atoms with van der Waals surface area (Å²) in [5.41, 5.74) is 2.91. The third-order valence-electron chi connectivity index (χ3n) is 4.21. The minimum atomic E-state index is -4.32. The summed E-state index contributed by atoms with van der Waals surface area (Å²) in [4.78, 5) is 7.54. The molecule has 0 saturated heterocycles. The molecular weight excluding hydrogens is 407 g/mol. The summed E-state index contributed by atoms with van der Waals surface area (Å²) in [6, 6.07) is 13.2. The summed E-state index contributed by atoms with van der Waals surface area (Å²) >= 11 is 3.46. The lowest BCUT2D eigenvalue weighted by molar-refractivity contribution is -0.137. The van der Waals surface area contributed by atoms with Crippen LogP contribution in [0.2, 0.25) is 0 Å². The van der Waals surface area contributed by atoms with Gasteiger partial charge in [0.05, 0.1) is 29.5 Å². The number of fused-ring (bicyclic) bond motifs is 1. The Bertz CT molecular complexity index is 1060. The summed E-state index contributed by atoms with van der Waals surface area (Å²) in [6.07, 6.45) is -0.907. The number of hydrogen-bond acceptors (Lipinski definition) is 1. The number of benzene rings is 2. The molecule has 26 heavy (non-hydrogen) atoms. The lowest BCUT2D eigenvalue weighted by Gasteiger charge is -2.10. The Labute approximate surface area is 155 Å². The predicted octanol–water partition coefficient (Wildman–Crippen LogP) is 5.86. The standard InChI is InChI=1S/C19H13BrF3N3/c20-15-5-6-16-13(7-15)8-17(25-16)18-9-24-11-26(18)10-12-1-3-14(4-2-12)19(21,22)23/h1-9,11,25H,10H2.